The maximum atomic E-state index is 13.2. The van der Waals surface area contributed by atoms with Crippen molar-refractivity contribution < 1.29 is 14.3 Å². The van der Waals surface area contributed by atoms with E-state index < -0.39 is 5.54 Å². The third-order valence-electron chi connectivity index (χ3n) is 6.64. The lowest BCUT2D eigenvalue weighted by atomic mass is 9.82. The number of rotatable bonds is 4. The third kappa shape index (κ3) is 3.62. The number of methoxy groups -OCH3 is 1. The summed E-state index contributed by atoms with van der Waals surface area (Å²) in [6.45, 7) is 1.28. The largest absolute Gasteiger partial charge is 0.497 e. The smallest absolute Gasteiger partial charge is 0.326 e. The van der Waals surface area contributed by atoms with Gasteiger partial charge in [0.2, 0.25) is 0 Å². The monoisotopic (exact) mass is 385 g/mol. The number of imide groups is 1. The van der Waals surface area contributed by atoms with Crippen LogP contribution in [-0.2, 0) is 4.79 Å². The Labute approximate surface area is 167 Å². The molecule has 6 heteroatoms. The minimum absolute atomic E-state index is 0.0186. The molecule has 1 unspecified atom stereocenters. The van der Waals surface area contributed by atoms with E-state index in [9.17, 15) is 9.59 Å². The van der Waals surface area contributed by atoms with Gasteiger partial charge in [0, 0.05) is 12.6 Å². The summed E-state index contributed by atoms with van der Waals surface area (Å²) < 4.78 is 5.29. The lowest BCUT2D eigenvalue weighted by molar-refractivity contribution is -0.134. The van der Waals surface area contributed by atoms with Crippen LogP contribution in [0.4, 0.5) is 4.79 Å². The summed E-state index contributed by atoms with van der Waals surface area (Å²) in [5.74, 6) is 0.826. The molecule has 3 amide bonds. The fourth-order valence-electron chi connectivity index (χ4n) is 5.02. The molecule has 0 aromatic heterocycles. The van der Waals surface area contributed by atoms with Gasteiger partial charge in [0.1, 0.15) is 11.3 Å². The summed E-state index contributed by atoms with van der Waals surface area (Å²) in [4.78, 5) is 29.7. The van der Waals surface area contributed by atoms with Gasteiger partial charge in [0.25, 0.3) is 5.91 Å². The summed E-state index contributed by atoms with van der Waals surface area (Å²) in [6, 6.07) is 8.19. The van der Waals surface area contributed by atoms with Gasteiger partial charge in [0.15, 0.2) is 0 Å². The van der Waals surface area contributed by atoms with E-state index in [1.165, 1.54) is 16.9 Å². The Morgan fingerprint density at radius 3 is 2.46 bits per heavy atom. The second kappa shape index (κ2) is 8.11. The molecule has 2 aliphatic heterocycles. The highest BCUT2D eigenvalue weighted by molar-refractivity contribution is 6.07. The number of nitrogens with zero attached hydrogens (tertiary/aromatic N) is 2. The van der Waals surface area contributed by atoms with Crippen LogP contribution in [0.1, 0.15) is 69.4 Å². The van der Waals surface area contributed by atoms with E-state index in [0.717, 1.165) is 63.7 Å². The molecule has 152 valence electrons. The van der Waals surface area contributed by atoms with Gasteiger partial charge in [-0.1, -0.05) is 44.2 Å². The van der Waals surface area contributed by atoms with Crippen molar-refractivity contribution in [2.24, 2.45) is 0 Å². The number of carbonyl (C=O) groups is 2. The number of likely N-dealkylation sites (tertiary alicyclic amines) is 1. The summed E-state index contributed by atoms with van der Waals surface area (Å²) in [5, 5.41) is 3.04. The minimum Gasteiger partial charge on any atom is -0.497 e. The van der Waals surface area contributed by atoms with E-state index in [4.69, 9.17) is 4.74 Å². The second-order valence-electron chi connectivity index (χ2n) is 8.40. The van der Waals surface area contributed by atoms with Crippen LogP contribution in [0.2, 0.25) is 0 Å². The van der Waals surface area contributed by atoms with E-state index in [-0.39, 0.29) is 18.0 Å². The van der Waals surface area contributed by atoms with Crippen LogP contribution in [0.15, 0.2) is 24.3 Å². The fourth-order valence-corrected chi connectivity index (χ4v) is 5.02. The molecule has 4 rings (SSSR count). The van der Waals surface area contributed by atoms with Gasteiger partial charge in [-0.2, -0.15) is 0 Å². The van der Waals surface area contributed by atoms with Gasteiger partial charge in [0.05, 0.1) is 13.8 Å². The Kier molecular flexibility index (Phi) is 5.58. The van der Waals surface area contributed by atoms with Crippen molar-refractivity contribution in [3.63, 3.8) is 0 Å². The van der Waals surface area contributed by atoms with Gasteiger partial charge in [-0.15, -0.1) is 0 Å². The molecule has 1 aliphatic carbocycles. The molecular formula is C22H31N3O3. The van der Waals surface area contributed by atoms with Gasteiger partial charge >= 0.3 is 6.03 Å². The van der Waals surface area contributed by atoms with Crippen LogP contribution >= 0.6 is 0 Å². The van der Waals surface area contributed by atoms with Crippen molar-refractivity contribution >= 4 is 11.9 Å². The highest BCUT2D eigenvalue weighted by atomic mass is 16.5. The molecule has 1 atom stereocenters. The van der Waals surface area contributed by atoms with E-state index in [2.05, 4.69) is 22.3 Å². The number of hydrogen-bond acceptors (Lipinski definition) is 4. The number of amides is 3. The molecular weight excluding hydrogens is 354 g/mol. The highest BCUT2D eigenvalue weighted by Crippen LogP contribution is 2.36. The average molecular weight is 386 g/mol. The van der Waals surface area contributed by atoms with E-state index >= 15 is 0 Å². The lowest BCUT2D eigenvalue weighted by Crippen LogP contribution is -2.49. The predicted molar refractivity (Wildman–Crippen MR) is 107 cm³/mol. The molecule has 0 radical (unpaired) electrons. The SMILES string of the molecule is COc1ccc(C2CCCCCN2CN2C(=O)NC3(CCCCC3)C2=O)cc1. The standard InChI is InChI=1S/C22H31N3O3/c1-28-18-11-9-17(10-12-18)19-8-4-2-7-15-24(19)16-25-20(26)22(23-21(25)27)13-5-3-6-14-22/h9-12,19H,2-8,13-16H2,1H3,(H,23,27). The lowest BCUT2D eigenvalue weighted by Gasteiger charge is -2.34. The van der Waals surface area contributed by atoms with Gasteiger partial charge in [-0.05, 0) is 43.4 Å². The topological polar surface area (TPSA) is 61.9 Å². The van der Waals surface area contributed by atoms with E-state index in [0.29, 0.717) is 6.67 Å². The van der Waals surface area contributed by atoms with Gasteiger partial charge < -0.3 is 10.1 Å². The molecule has 28 heavy (non-hydrogen) atoms. The molecule has 3 aliphatic rings. The number of nitrogens with one attached hydrogen (secondary N) is 1. The first-order valence-corrected chi connectivity index (χ1v) is 10.7. The van der Waals surface area contributed by atoms with Crippen LogP contribution in [0.25, 0.3) is 0 Å². The van der Waals surface area contributed by atoms with Crippen molar-refractivity contribution in [2.45, 2.75) is 69.4 Å². The molecule has 2 heterocycles. The van der Waals surface area contributed by atoms with E-state index in [1.54, 1.807) is 7.11 Å². The average Bonchev–Trinajstić information content (AvgIpc) is 2.88. The van der Waals surface area contributed by atoms with Gasteiger partial charge in [-0.3, -0.25) is 9.69 Å². The molecule has 2 saturated heterocycles. The van der Waals surface area contributed by atoms with Crippen molar-refractivity contribution in [1.82, 2.24) is 15.1 Å². The Morgan fingerprint density at radius 1 is 1.04 bits per heavy atom. The summed E-state index contributed by atoms with van der Waals surface area (Å²) in [7, 11) is 1.67. The van der Waals surface area contributed by atoms with Crippen LogP contribution in [0.3, 0.4) is 0 Å². The summed E-state index contributed by atoms with van der Waals surface area (Å²) in [6.07, 6.45) is 9.21. The first-order chi connectivity index (χ1) is 13.6. The Bertz CT molecular complexity index is 712. The maximum Gasteiger partial charge on any atom is 0.326 e. The van der Waals surface area contributed by atoms with Crippen LogP contribution in [0.5, 0.6) is 5.75 Å². The normalized spacial score (nSPS) is 25.6. The minimum atomic E-state index is -0.642. The van der Waals surface area contributed by atoms with Crippen LogP contribution in [-0.4, -0.2) is 47.6 Å². The summed E-state index contributed by atoms with van der Waals surface area (Å²) >= 11 is 0. The Balaban J connectivity index is 1.53. The van der Waals surface area contributed by atoms with Crippen molar-refractivity contribution in [3.05, 3.63) is 29.8 Å². The Hall–Kier alpha value is -2.08. The number of ether oxygens (including phenoxy) is 1. The van der Waals surface area contributed by atoms with Crippen LogP contribution in [0, 0.1) is 0 Å². The zero-order chi connectivity index (χ0) is 19.6. The highest BCUT2D eigenvalue weighted by Gasteiger charge is 2.51. The molecule has 1 N–H and O–H groups in total. The molecule has 1 aromatic carbocycles. The molecule has 1 spiro atoms. The zero-order valence-corrected chi connectivity index (χ0v) is 16.8. The molecule has 3 fully saturated rings. The first-order valence-electron chi connectivity index (χ1n) is 10.7. The van der Waals surface area contributed by atoms with Crippen LogP contribution < -0.4 is 10.1 Å². The Morgan fingerprint density at radius 2 is 1.75 bits per heavy atom. The van der Waals surface area contributed by atoms with Crippen molar-refractivity contribution in [3.8, 4) is 5.75 Å². The summed E-state index contributed by atoms with van der Waals surface area (Å²) in [5.41, 5.74) is 0.582. The van der Waals surface area contributed by atoms with Gasteiger partial charge in [-0.25, -0.2) is 9.69 Å². The second-order valence-corrected chi connectivity index (χ2v) is 8.40. The predicted octanol–water partition coefficient (Wildman–Crippen LogP) is 3.82. The molecule has 6 nitrogen and oxygen atoms in total. The number of benzene rings is 1. The quantitative estimate of drug-likeness (QED) is 0.801. The maximum absolute atomic E-state index is 13.2. The number of urea groups is 1. The number of carbonyl (C=O) groups excluding carboxylic acids is 2. The first kappa shape index (κ1) is 19.2. The molecule has 0 bridgehead atoms. The van der Waals surface area contributed by atoms with E-state index in [1.807, 2.05) is 12.1 Å². The third-order valence-corrected chi connectivity index (χ3v) is 6.64. The molecule has 1 aromatic rings. The fraction of sp³-hybridized carbons (Fsp3) is 0.636. The van der Waals surface area contributed by atoms with Crippen molar-refractivity contribution in [2.75, 3.05) is 20.3 Å². The zero-order valence-electron chi connectivity index (χ0n) is 16.8. The number of hydrogen-bond donors (Lipinski definition) is 1. The van der Waals surface area contributed by atoms with Crippen molar-refractivity contribution in [1.29, 1.82) is 0 Å². The molecule has 1 saturated carbocycles.